The summed E-state index contributed by atoms with van der Waals surface area (Å²) in [5, 5.41) is 7.92. The highest BCUT2D eigenvalue weighted by atomic mass is 35.5. The Bertz CT molecular complexity index is 462. The molecule has 1 aromatic carbocycles. The lowest BCUT2D eigenvalue weighted by molar-refractivity contribution is 0.627. The van der Waals surface area contributed by atoms with Crippen LogP contribution in [0.4, 0.5) is 4.39 Å². The minimum absolute atomic E-state index is 0.276. The molecule has 0 aliphatic carbocycles. The van der Waals surface area contributed by atoms with Crippen molar-refractivity contribution in [2.24, 2.45) is 0 Å². The second-order valence-corrected chi connectivity index (χ2v) is 3.65. The van der Waals surface area contributed by atoms with Gasteiger partial charge >= 0.3 is 0 Å². The van der Waals surface area contributed by atoms with E-state index < -0.39 is 0 Å². The lowest BCUT2D eigenvalue weighted by Gasteiger charge is -2.01. The van der Waals surface area contributed by atoms with Crippen molar-refractivity contribution in [3.8, 4) is 11.3 Å². The lowest BCUT2D eigenvalue weighted by Crippen LogP contribution is -1.89. The molecule has 0 saturated heterocycles. The predicted molar refractivity (Wildman–Crippen MR) is 57.2 cm³/mol. The van der Waals surface area contributed by atoms with Gasteiger partial charge in [-0.15, -0.1) is 10.2 Å². The van der Waals surface area contributed by atoms with E-state index in [1.54, 1.807) is 12.1 Å². The van der Waals surface area contributed by atoms with Crippen molar-refractivity contribution in [2.75, 3.05) is 0 Å². The molecule has 0 unspecified atom stereocenters. The molecule has 4 heteroatoms. The normalized spacial score (nSPS) is 10.3. The zero-order valence-electron chi connectivity index (χ0n) is 8.04. The number of hydrogen-bond donors (Lipinski definition) is 0. The smallest absolute Gasteiger partial charge is 0.151 e. The Labute approximate surface area is 91.7 Å². The Balaban J connectivity index is 2.49. The van der Waals surface area contributed by atoms with Crippen LogP contribution in [0.2, 0.25) is 5.15 Å². The molecule has 1 heterocycles. The van der Waals surface area contributed by atoms with Gasteiger partial charge in [0.25, 0.3) is 0 Å². The van der Waals surface area contributed by atoms with Crippen molar-refractivity contribution in [3.05, 3.63) is 46.9 Å². The molecular formula is C11H8ClFN2. The minimum atomic E-state index is -0.276. The highest BCUT2D eigenvalue weighted by Gasteiger charge is 2.03. The van der Waals surface area contributed by atoms with Crippen LogP contribution in [0.3, 0.4) is 0 Å². The fourth-order valence-electron chi connectivity index (χ4n) is 1.35. The molecule has 0 aliphatic rings. The average Bonchev–Trinajstić information content (AvgIpc) is 2.17. The average molecular weight is 223 g/mol. The van der Waals surface area contributed by atoms with E-state index in [2.05, 4.69) is 10.2 Å². The van der Waals surface area contributed by atoms with Gasteiger partial charge in [-0.25, -0.2) is 4.39 Å². The molecule has 2 rings (SSSR count). The first-order valence-electron chi connectivity index (χ1n) is 4.42. The van der Waals surface area contributed by atoms with Crippen molar-refractivity contribution >= 4 is 11.6 Å². The van der Waals surface area contributed by atoms with Crippen molar-refractivity contribution in [1.82, 2.24) is 10.2 Å². The van der Waals surface area contributed by atoms with Gasteiger partial charge in [0.15, 0.2) is 5.15 Å². The van der Waals surface area contributed by atoms with E-state index in [0.29, 0.717) is 16.4 Å². The molecule has 0 bridgehead atoms. The molecule has 2 nitrogen and oxygen atoms in total. The van der Waals surface area contributed by atoms with E-state index in [-0.39, 0.29) is 5.82 Å². The molecule has 0 saturated carbocycles. The van der Waals surface area contributed by atoms with Gasteiger partial charge in [0, 0.05) is 5.56 Å². The van der Waals surface area contributed by atoms with Gasteiger partial charge < -0.3 is 0 Å². The third-order valence-corrected chi connectivity index (χ3v) is 2.17. The van der Waals surface area contributed by atoms with E-state index >= 15 is 0 Å². The largest absolute Gasteiger partial charge is 0.207 e. The second-order valence-electron chi connectivity index (χ2n) is 3.26. The maximum absolute atomic E-state index is 13.1. The van der Waals surface area contributed by atoms with Crippen LogP contribution in [0.25, 0.3) is 11.3 Å². The van der Waals surface area contributed by atoms with E-state index in [4.69, 9.17) is 11.6 Å². The Kier molecular flexibility index (Phi) is 2.64. The van der Waals surface area contributed by atoms with E-state index in [0.717, 1.165) is 5.56 Å². The third-order valence-electron chi connectivity index (χ3n) is 1.97. The monoisotopic (exact) mass is 222 g/mol. The lowest BCUT2D eigenvalue weighted by atomic mass is 10.1. The summed E-state index contributed by atoms with van der Waals surface area (Å²) >= 11 is 5.61. The highest BCUT2D eigenvalue weighted by Crippen LogP contribution is 2.19. The maximum atomic E-state index is 13.1. The van der Waals surface area contributed by atoms with Gasteiger partial charge in [-0.3, -0.25) is 0 Å². The van der Waals surface area contributed by atoms with Crippen LogP contribution in [0.5, 0.6) is 0 Å². The number of rotatable bonds is 1. The number of aromatic nitrogens is 2. The van der Waals surface area contributed by atoms with Crippen molar-refractivity contribution in [3.63, 3.8) is 0 Å². The first kappa shape index (κ1) is 10.1. The topological polar surface area (TPSA) is 25.8 Å². The summed E-state index contributed by atoms with van der Waals surface area (Å²) in [4.78, 5) is 0. The minimum Gasteiger partial charge on any atom is -0.207 e. The van der Waals surface area contributed by atoms with E-state index in [1.165, 1.54) is 12.1 Å². The molecule has 1 aromatic heterocycles. The number of nitrogens with zero attached hydrogens (tertiary/aromatic N) is 2. The quantitative estimate of drug-likeness (QED) is 0.740. The van der Waals surface area contributed by atoms with Crippen LogP contribution >= 0.6 is 11.6 Å². The second kappa shape index (κ2) is 3.95. The summed E-state index contributed by atoms with van der Waals surface area (Å²) in [5.74, 6) is -0.276. The summed E-state index contributed by atoms with van der Waals surface area (Å²) in [6.45, 7) is 1.83. The Morgan fingerprint density at radius 3 is 2.53 bits per heavy atom. The Morgan fingerprint density at radius 2 is 1.93 bits per heavy atom. The van der Waals surface area contributed by atoms with Crippen LogP contribution in [0.1, 0.15) is 5.56 Å². The van der Waals surface area contributed by atoms with E-state index in [9.17, 15) is 4.39 Å². The highest BCUT2D eigenvalue weighted by molar-refractivity contribution is 6.29. The Morgan fingerprint density at radius 1 is 1.13 bits per heavy atom. The first-order valence-corrected chi connectivity index (χ1v) is 4.80. The maximum Gasteiger partial charge on any atom is 0.151 e. The zero-order valence-corrected chi connectivity index (χ0v) is 8.79. The van der Waals surface area contributed by atoms with Gasteiger partial charge in [0.2, 0.25) is 0 Å². The summed E-state index contributed by atoms with van der Waals surface area (Å²) in [6, 6.07) is 8.08. The third kappa shape index (κ3) is 2.30. The van der Waals surface area contributed by atoms with E-state index in [1.807, 2.05) is 13.0 Å². The number of hydrogen-bond acceptors (Lipinski definition) is 2. The van der Waals surface area contributed by atoms with Crippen LogP contribution in [0.15, 0.2) is 30.3 Å². The molecule has 0 radical (unpaired) electrons. The molecule has 0 spiro atoms. The molecule has 2 aromatic rings. The SMILES string of the molecule is Cc1cc(F)cc(-c2ccc(Cl)nn2)c1. The zero-order chi connectivity index (χ0) is 10.8. The van der Waals surface area contributed by atoms with Crippen LogP contribution in [0, 0.1) is 12.7 Å². The number of aryl methyl sites for hydroxylation is 1. The standard InChI is InChI=1S/C11H8ClFN2/c1-7-4-8(6-9(13)5-7)10-2-3-11(12)15-14-10/h2-6H,1H3. The molecule has 0 aliphatic heterocycles. The molecule has 15 heavy (non-hydrogen) atoms. The van der Waals surface area contributed by atoms with Crippen molar-refractivity contribution in [1.29, 1.82) is 0 Å². The number of halogens is 2. The first-order chi connectivity index (χ1) is 7.15. The molecule has 0 amide bonds. The van der Waals surface area contributed by atoms with Crippen molar-refractivity contribution < 1.29 is 4.39 Å². The molecule has 0 N–H and O–H groups in total. The molecule has 0 atom stereocenters. The van der Waals surface area contributed by atoms with Crippen LogP contribution in [-0.4, -0.2) is 10.2 Å². The fraction of sp³-hybridized carbons (Fsp3) is 0.0909. The Hall–Kier alpha value is -1.48. The summed E-state index contributed by atoms with van der Waals surface area (Å²) in [5.41, 5.74) is 2.17. The molecular weight excluding hydrogens is 215 g/mol. The van der Waals surface area contributed by atoms with Crippen molar-refractivity contribution in [2.45, 2.75) is 6.92 Å². The molecule has 0 fully saturated rings. The van der Waals surface area contributed by atoms with Gasteiger partial charge in [-0.2, -0.15) is 0 Å². The van der Waals surface area contributed by atoms with Crippen LogP contribution in [-0.2, 0) is 0 Å². The van der Waals surface area contributed by atoms with Crippen LogP contribution < -0.4 is 0 Å². The fourth-order valence-corrected chi connectivity index (χ4v) is 1.45. The van der Waals surface area contributed by atoms with Gasteiger partial charge in [0.05, 0.1) is 5.69 Å². The predicted octanol–water partition coefficient (Wildman–Crippen LogP) is 3.24. The number of benzene rings is 1. The van der Waals surface area contributed by atoms with Gasteiger partial charge in [-0.05, 0) is 42.8 Å². The summed E-state index contributed by atoms with van der Waals surface area (Å²) < 4.78 is 13.1. The summed E-state index contributed by atoms with van der Waals surface area (Å²) in [6.07, 6.45) is 0. The summed E-state index contributed by atoms with van der Waals surface area (Å²) in [7, 11) is 0. The van der Waals surface area contributed by atoms with Gasteiger partial charge in [0.1, 0.15) is 5.82 Å². The molecule has 76 valence electrons. The van der Waals surface area contributed by atoms with Gasteiger partial charge in [-0.1, -0.05) is 11.6 Å².